The molecule has 11 heavy (non-hydrogen) atoms. The number of hydrogen-bond acceptors (Lipinski definition) is 2. The third-order valence-corrected chi connectivity index (χ3v) is 0.644. The van der Waals surface area contributed by atoms with Crippen LogP contribution < -0.4 is 5.73 Å². The summed E-state index contributed by atoms with van der Waals surface area (Å²) in [5.41, 5.74) is 5.29. The summed E-state index contributed by atoms with van der Waals surface area (Å²) in [7, 11) is -4.64. The number of nitrogens with two attached hydrogens (primary N) is 1. The Morgan fingerprint density at radius 2 is 1.55 bits per heavy atom. The lowest BCUT2D eigenvalue weighted by Crippen LogP contribution is -2.11. The molecule has 0 aromatic rings. The number of phosphoric acid groups is 1. The van der Waals surface area contributed by atoms with Crippen LogP contribution in [0, 0.1) is 0 Å². The van der Waals surface area contributed by atoms with Gasteiger partial charge in [0.25, 0.3) is 0 Å². The Labute approximate surface area is 65.6 Å². The monoisotopic (exact) mass is 189 g/mol. The predicted octanol–water partition coefficient (Wildman–Crippen LogP) is -1.01. The number of hydrogen-bond donors (Lipinski definition) is 4. The van der Waals surface area contributed by atoms with Crippen molar-refractivity contribution in [2.24, 2.45) is 5.73 Å². The van der Waals surface area contributed by atoms with Gasteiger partial charge in [-0.15, -0.1) is 0 Å². The van der Waals surface area contributed by atoms with Crippen LogP contribution in [-0.2, 0) is 4.57 Å². The van der Waals surface area contributed by atoms with E-state index in [1.54, 1.807) is 0 Å². The smallest absolute Gasteiger partial charge is 0.412 e. The van der Waals surface area contributed by atoms with Gasteiger partial charge in [-0.05, 0) is 13.3 Å². The fraction of sp³-hybridized carbons (Fsp3) is 1.00. The fourth-order valence-corrected chi connectivity index (χ4v) is 0. The van der Waals surface area contributed by atoms with Crippen molar-refractivity contribution in [2.75, 3.05) is 0 Å². The van der Waals surface area contributed by atoms with E-state index in [9.17, 15) is 0 Å². The minimum Gasteiger partial charge on any atom is -0.412 e. The van der Waals surface area contributed by atoms with Crippen LogP contribution in [-0.4, -0.2) is 26.2 Å². The first-order valence-corrected chi connectivity index (χ1v) is 4.37. The molecule has 0 amide bonds. The Bertz CT molecular complexity index is 103. The Balaban J connectivity index is -0.000000107. The molecule has 0 heterocycles. The summed E-state index contributed by atoms with van der Waals surface area (Å²) in [6.07, 6.45) is 1.08. The molecular formula is C4H16NO5P. The number of rotatable bonds is 1. The van der Waals surface area contributed by atoms with Gasteiger partial charge in [-0.3, -0.25) is 0 Å². The molecule has 72 valence electrons. The summed E-state index contributed by atoms with van der Waals surface area (Å²) in [6.45, 7) is 4.07. The third-order valence-electron chi connectivity index (χ3n) is 0.644. The minimum atomic E-state index is -4.64. The Morgan fingerprint density at radius 3 is 1.55 bits per heavy atom. The van der Waals surface area contributed by atoms with Gasteiger partial charge in [-0.2, -0.15) is 0 Å². The second kappa shape index (κ2) is 8.13. The molecule has 6 nitrogen and oxygen atoms in total. The molecule has 0 radical (unpaired) electrons. The maximum Gasteiger partial charge on any atom is 0.466 e. The van der Waals surface area contributed by atoms with Crippen LogP contribution in [0.4, 0.5) is 0 Å². The van der Waals surface area contributed by atoms with Gasteiger partial charge in [0.05, 0.1) is 0 Å². The molecular weight excluding hydrogens is 173 g/mol. The van der Waals surface area contributed by atoms with Crippen molar-refractivity contribution in [1.29, 1.82) is 0 Å². The van der Waals surface area contributed by atoms with Crippen LogP contribution in [0.5, 0.6) is 0 Å². The van der Waals surface area contributed by atoms with E-state index in [4.69, 9.17) is 25.0 Å². The first-order chi connectivity index (χ1) is 4.27. The Kier molecular flexibility index (Phi) is 12.7. The Morgan fingerprint density at radius 1 is 1.45 bits per heavy atom. The van der Waals surface area contributed by atoms with Gasteiger partial charge in [0, 0.05) is 6.04 Å². The quantitative estimate of drug-likeness (QED) is 0.392. The van der Waals surface area contributed by atoms with Crippen LogP contribution in [0.15, 0.2) is 0 Å². The first-order valence-electron chi connectivity index (χ1n) is 2.81. The summed E-state index contributed by atoms with van der Waals surface area (Å²) in [6, 6.07) is 0.384. The molecule has 0 rings (SSSR count). The van der Waals surface area contributed by atoms with Gasteiger partial charge in [-0.25, -0.2) is 4.57 Å². The molecule has 0 saturated carbocycles. The SMILES string of the molecule is CCC(C)N.O.O=P(O)(O)O. The van der Waals surface area contributed by atoms with E-state index in [-0.39, 0.29) is 5.48 Å². The van der Waals surface area contributed by atoms with Gasteiger partial charge >= 0.3 is 7.82 Å². The Hall–Kier alpha value is 0.0300. The highest BCUT2D eigenvalue weighted by Gasteiger charge is 2.00. The van der Waals surface area contributed by atoms with Crippen molar-refractivity contribution in [3.8, 4) is 0 Å². The zero-order valence-corrected chi connectivity index (χ0v) is 7.45. The topological polar surface area (TPSA) is 135 Å². The molecule has 0 spiro atoms. The summed E-state index contributed by atoms with van der Waals surface area (Å²) < 4.78 is 8.88. The average Bonchev–Trinajstić information content (AvgIpc) is 1.61. The van der Waals surface area contributed by atoms with E-state index in [1.807, 2.05) is 6.92 Å². The molecule has 0 aromatic carbocycles. The zero-order chi connectivity index (χ0) is 8.78. The highest BCUT2D eigenvalue weighted by atomic mass is 31.2. The minimum absolute atomic E-state index is 0. The summed E-state index contributed by atoms with van der Waals surface area (Å²) in [5, 5.41) is 0. The molecule has 0 saturated heterocycles. The first kappa shape index (κ1) is 17.2. The van der Waals surface area contributed by atoms with Crippen LogP contribution in [0.2, 0.25) is 0 Å². The lowest BCUT2D eigenvalue weighted by atomic mass is 10.3. The lowest BCUT2D eigenvalue weighted by molar-refractivity contribution is 0.275. The van der Waals surface area contributed by atoms with Crippen molar-refractivity contribution in [3.63, 3.8) is 0 Å². The van der Waals surface area contributed by atoms with Crippen molar-refractivity contribution in [1.82, 2.24) is 0 Å². The molecule has 1 unspecified atom stereocenters. The molecule has 0 fully saturated rings. The van der Waals surface area contributed by atoms with Crippen molar-refractivity contribution < 1.29 is 24.7 Å². The predicted molar refractivity (Wildman–Crippen MR) is 41.8 cm³/mol. The van der Waals surface area contributed by atoms with Gasteiger partial charge in [0.2, 0.25) is 0 Å². The van der Waals surface area contributed by atoms with Crippen LogP contribution >= 0.6 is 7.82 Å². The summed E-state index contributed by atoms with van der Waals surface area (Å²) >= 11 is 0. The van der Waals surface area contributed by atoms with Crippen LogP contribution in [0.3, 0.4) is 0 Å². The van der Waals surface area contributed by atoms with E-state index in [2.05, 4.69) is 6.92 Å². The average molecular weight is 189 g/mol. The van der Waals surface area contributed by atoms with Gasteiger partial charge in [-0.1, -0.05) is 6.92 Å². The molecule has 0 aliphatic rings. The fourth-order valence-electron chi connectivity index (χ4n) is 0. The van der Waals surface area contributed by atoms with E-state index >= 15 is 0 Å². The summed E-state index contributed by atoms with van der Waals surface area (Å²) in [4.78, 5) is 21.6. The largest absolute Gasteiger partial charge is 0.466 e. The zero-order valence-electron chi connectivity index (χ0n) is 6.56. The van der Waals surface area contributed by atoms with Crippen molar-refractivity contribution >= 4 is 7.82 Å². The van der Waals surface area contributed by atoms with Gasteiger partial charge in [0.15, 0.2) is 0 Å². The maximum atomic E-state index is 8.88. The van der Waals surface area contributed by atoms with Crippen molar-refractivity contribution in [2.45, 2.75) is 26.3 Å². The molecule has 0 aromatic heterocycles. The highest BCUT2D eigenvalue weighted by Crippen LogP contribution is 2.25. The van der Waals surface area contributed by atoms with Gasteiger partial charge < -0.3 is 25.9 Å². The molecule has 0 bridgehead atoms. The van der Waals surface area contributed by atoms with Crippen LogP contribution in [0.25, 0.3) is 0 Å². The van der Waals surface area contributed by atoms with Crippen LogP contribution in [0.1, 0.15) is 20.3 Å². The van der Waals surface area contributed by atoms with Gasteiger partial charge in [0.1, 0.15) is 0 Å². The molecule has 1 atom stereocenters. The summed E-state index contributed by atoms with van der Waals surface area (Å²) in [5.74, 6) is 0. The lowest BCUT2D eigenvalue weighted by Gasteiger charge is -1.91. The molecule has 0 aliphatic heterocycles. The highest BCUT2D eigenvalue weighted by molar-refractivity contribution is 7.45. The van der Waals surface area contributed by atoms with E-state index in [1.165, 1.54) is 0 Å². The second-order valence-electron chi connectivity index (χ2n) is 1.90. The maximum absolute atomic E-state index is 8.88. The third kappa shape index (κ3) is 157. The van der Waals surface area contributed by atoms with E-state index in [0.717, 1.165) is 6.42 Å². The molecule has 7 heteroatoms. The second-order valence-corrected chi connectivity index (χ2v) is 2.93. The molecule has 7 N–H and O–H groups in total. The van der Waals surface area contributed by atoms with E-state index in [0.29, 0.717) is 6.04 Å². The van der Waals surface area contributed by atoms with E-state index < -0.39 is 7.82 Å². The van der Waals surface area contributed by atoms with Crippen molar-refractivity contribution in [3.05, 3.63) is 0 Å². The normalized spacial score (nSPS) is 12.2. The molecule has 0 aliphatic carbocycles. The standard InChI is InChI=1S/C4H11N.H3O4P.H2O/c1-3-4(2)5;1-5(2,3)4;/h4H,3,5H2,1-2H3;(H3,1,2,3,4);1H2.